The monoisotopic (exact) mass is 237 g/mol. The Bertz CT molecular complexity index is 322. The quantitative estimate of drug-likeness (QED) is 0.668. The highest BCUT2D eigenvalue weighted by molar-refractivity contribution is 5.05. The molecule has 0 aromatic carbocycles. The van der Waals surface area contributed by atoms with Gasteiger partial charge in [-0.25, -0.2) is 0 Å². The highest BCUT2D eigenvalue weighted by atomic mass is 16.5. The topological polar surface area (TPSA) is 41.3 Å². The van der Waals surface area contributed by atoms with Crippen LogP contribution in [0.15, 0.2) is 23.2 Å². The molecule has 96 valence electrons. The molecule has 1 heterocycles. The third kappa shape index (κ3) is 5.15. The van der Waals surface area contributed by atoms with Crippen LogP contribution in [0.1, 0.15) is 31.7 Å². The number of aromatic nitrogens is 1. The zero-order chi connectivity index (χ0) is 12.5. The van der Waals surface area contributed by atoms with Crippen molar-refractivity contribution in [3.8, 4) is 0 Å². The van der Waals surface area contributed by atoms with Gasteiger partial charge < -0.3 is 9.84 Å². The minimum atomic E-state index is 0.773. The van der Waals surface area contributed by atoms with E-state index in [-0.39, 0.29) is 0 Å². The van der Waals surface area contributed by atoms with E-state index < -0.39 is 0 Å². The molecular formula is C13H23N3O. The van der Waals surface area contributed by atoms with E-state index in [1.165, 1.54) is 0 Å². The third-order valence-electron chi connectivity index (χ3n) is 2.47. The van der Waals surface area contributed by atoms with E-state index in [9.17, 15) is 0 Å². The first kappa shape index (κ1) is 13.9. The minimum Gasteiger partial charge on any atom is -0.360 e. The predicted octanol–water partition coefficient (Wildman–Crippen LogP) is 2.18. The first-order valence-electron chi connectivity index (χ1n) is 6.28. The van der Waals surface area contributed by atoms with Crippen molar-refractivity contribution in [1.82, 2.24) is 15.4 Å². The van der Waals surface area contributed by atoms with E-state index in [0.29, 0.717) is 0 Å². The average Bonchev–Trinajstić information content (AvgIpc) is 2.75. The van der Waals surface area contributed by atoms with Crippen molar-refractivity contribution in [2.45, 2.75) is 33.4 Å². The standard InChI is InChI=1S/C13H23N3O/c1-4-7-16(8-5-2)11-13-9-12(15-17-13)10-14-6-3/h4,9,14H,1,5-8,10-11H2,2-3H3. The van der Waals surface area contributed by atoms with Gasteiger partial charge in [-0.2, -0.15) is 0 Å². The summed E-state index contributed by atoms with van der Waals surface area (Å²) in [5.74, 6) is 0.924. The zero-order valence-corrected chi connectivity index (χ0v) is 10.9. The molecule has 0 bridgehead atoms. The zero-order valence-electron chi connectivity index (χ0n) is 10.9. The lowest BCUT2D eigenvalue weighted by Gasteiger charge is -2.17. The molecule has 0 aliphatic heterocycles. The molecule has 0 aliphatic carbocycles. The summed E-state index contributed by atoms with van der Waals surface area (Å²) in [5, 5.41) is 7.27. The van der Waals surface area contributed by atoms with Crippen LogP contribution in [0.25, 0.3) is 0 Å². The fraction of sp³-hybridized carbons (Fsp3) is 0.615. The van der Waals surface area contributed by atoms with Crippen molar-refractivity contribution in [2.24, 2.45) is 0 Å². The number of nitrogens with zero attached hydrogens (tertiary/aromatic N) is 2. The molecule has 1 N–H and O–H groups in total. The summed E-state index contributed by atoms with van der Waals surface area (Å²) in [6, 6.07) is 2.02. The van der Waals surface area contributed by atoms with E-state index in [1.807, 2.05) is 12.1 Å². The van der Waals surface area contributed by atoms with Crippen LogP contribution in [-0.2, 0) is 13.1 Å². The maximum atomic E-state index is 5.32. The van der Waals surface area contributed by atoms with Crippen molar-refractivity contribution in [3.05, 3.63) is 30.2 Å². The summed E-state index contributed by atoms with van der Waals surface area (Å²) in [5.41, 5.74) is 0.969. The van der Waals surface area contributed by atoms with Gasteiger partial charge in [0, 0.05) is 19.2 Å². The molecule has 0 radical (unpaired) electrons. The second-order valence-electron chi connectivity index (χ2n) is 4.09. The lowest BCUT2D eigenvalue weighted by molar-refractivity contribution is 0.251. The molecule has 0 aliphatic rings. The Hall–Kier alpha value is -1.13. The Morgan fingerprint density at radius 1 is 1.53 bits per heavy atom. The Labute approximate surface area is 104 Å². The third-order valence-corrected chi connectivity index (χ3v) is 2.47. The molecule has 1 aromatic heterocycles. The molecule has 0 fully saturated rings. The van der Waals surface area contributed by atoms with Gasteiger partial charge in [-0.3, -0.25) is 4.90 Å². The van der Waals surface area contributed by atoms with E-state index >= 15 is 0 Å². The molecular weight excluding hydrogens is 214 g/mol. The van der Waals surface area contributed by atoms with Crippen molar-refractivity contribution in [2.75, 3.05) is 19.6 Å². The fourth-order valence-electron chi connectivity index (χ4n) is 1.72. The van der Waals surface area contributed by atoms with Gasteiger partial charge in [0.15, 0.2) is 5.76 Å². The molecule has 0 spiro atoms. The Morgan fingerprint density at radius 3 is 3.00 bits per heavy atom. The molecule has 17 heavy (non-hydrogen) atoms. The smallest absolute Gasteiger partial charge is 0.151 e. The van der Waals surface area contributed by atoms with E-state index in [4.69, 9.17) is 4.52 Å². The second kappa shape index (κ2) is 8.03. The number of hydrogen-bond acceptors (Lipinski definition) is 4. The first-order chi connectivity index (χ1) is 8.30. The first-order valence-corrected chi connectivity index (χ1v) is 6.28. The van der Waals surface area contributed by atoms with E-state index in [2.05, 4.69) is 35.8 Å². The predicted molar refractivity (Wildman–Crippen MR) is 69.6 cm³/mol. The molecule has 1 rings (SSSR count). The summed E-state index contributed by atoms with van der Waals surface area (Å²) in [6.45, 7) is 12.5. The number of hydrogen-bond donors (Lipinski definition) is 1. The maximum absolute atomic E-state index is 5.32. The van der Waals surface area contributed by atoms with Gasteiger partial charge in [0.05, 0.1) is 12.2 Å². The summed E-state index contributed by atoms with van der Waals surface area (Å²) < 4.78 is 5.32. The van der Waals surface area contributed by atoms with Crippen LogP contribution in [0.2, 0.25) is 0 Å². The van der Waals surface area contributed by atoms with Crippen molar-refractivity contribution >= 4 is 0 Å². The SMILES string of the molecule is C=CCN(CCC)Cc1cc(CNCC)no1. The highest BCUT2D eigenvalue weighted by Crippen LogP contribution is 2.08. The van der Waals surface area contributed by atoms with Gasteiger partial charge in [0.1, 0.15) is 0 Å². The summed E-state index contributed by atoms with van der Waals surface area (Å²) in [4.78, 5) is 2.30. The molecule has 0 atom stereocenters. The Kier molecular flexibility index (Phi) is 6.58. The number of rotatable bonds is 9. The van der Waals surface area contributed by atoms with Gasteiger partial charge in [-0.1, -0.05) is 25.1 Å². The van der Waals surface area contributed by atoms with Crippen LogP contribution >= 0.6 is 0 Å². The number of nitrogens with one attached hydrogen (secondary N) is 1. The Morgan fingerprint density at radius 2 is 2.35 bits per heavy atom. The van der Waals surface area contributed by atoms with Gasteiger partial charge in [-0.15, -0.1) is 6.58 Å². The van der Waals surface area contributed by atoms with Gasteiger partial charge >= 0.3 is 0 Å². The normalized spacial score (nSPS) is 11.0. The molecule has 4 nitrogen and oxygen atoms in total. The van der Waals surface area contributed by atoms with Crippen LogP contribution in [0.3, 0.4) is 0 Å². The minimum absolute atomic E-state index is 0.773. The van der Waals surface area contributed by atoms with Crippen LogP contribution in [0, 0.1) is 0 Å². The lowest BCUT2D eigenvalue weighted by Crippen LogP contribution is -2.23. The van der Waals surface area contributed by atoms with E-state index in [1.54, 1.807) is 0 Å². The van der Waals surface area contributed by atoms with Gasteiger partial charge in [-0.05, 0) is 19.5 Å². The Balaban J connectivity index is 2.47. The lowest BCUT2D eigenvalue weighted by atomic mass is 10.3. The molecule has 0 saturated carbocycles. The van der Waals surface area contributed by atoms with Crippen LogP contribution in [0.5, 0.6) is 0 Å². The second-order valence-corrected chi connectivity index (χ2v) is 4.09. The molecule has 4 heteroatoms. The van der Waals surface area contributed by atoms with Crippen LogP contribution in [-0.4, -0.2) is 29.7 Å². The molecule has 0 unspecified atom stereocenters. The van der Waals surface area contributed by atoms with Crippen LogP contribution < -0.4 is 5.32 Å². The summed E-state index contributed by atoms with van der Waals surface area (Å²) >= 11 is 0. The van der Waals surface area contributed by atoms with E-state index in [0.717, 1.165) is 50.6 Å². The largest absolute Gasteiger partial charge is 0.360 e. The average molecular weight is 237 g/mol. The molecule has 1 aromatic rings. The van der Waals surface area contributed by atoms with Crippen molar-refractivity contribution < 1.29 is 4.52 Å². The summed E-state index contributed by atoms with van der Waals surface area (Å²) in [6.07, 6.45) is 3.05. The van der Waals surface area contributed by atoms with Gasteiger partial charge in [0.2, 0.25) is 0 Å². The highest BCUT2D eigenvalue weighted by Gasteiger charge is 2.08. The van der Waals surface area contributed by atoms with Crippen molar-refractivity contribution in [1.29, 1.82) is 0 Å². The van der Waals surface area contributed by atoms with Gasteiger partial charge in [0.25, 0.3) is 0 Å². The fourth-order valence-corrected chi connectivity index (χ4v) is 1.72. The summed E-state index contributed by atoms with van der Waals surface area (Å²) in [7, 11) is 0. The molecule has 0 amide bonds. The molecule has 0 saturated heterocycles. The maximum Gasteiger partial charge on any atom is 0.151 e. The van der Waals surface area contributed by atoms with Crippen molar-refractivity contribution in [3.63, 3.8) is 0 Å². The van der Waals surface area contributed by atoms with Crippen LogP contribution in [0.4, 0.5) is 0 Å².